The molecule has 0 unspecified atom stereocenters. The van der Waals surface area contributed by atoms with Gasteiger partial charge in [0.15, 0.2) is 0 Å². The van der Waals surface area contributed by atoms with E-state index in [0.29, 0.717) is 24.5 Å². The number of nitrogens with one attached hydrogen (secondary N) is 1. The van der Waals surface area contributed by atoms with Crippen molar-refractivity contribution in [3.63, 3.8) is 0 Å². The number of ether oxygens (including phenoxy) is 1. The van der Waals surface area contributed by atoms with Gasteiger partial charge in [-0.25, -0.2) is 0 Å². The molecular formula is C28H33N3O4. The lowest BCUT2D eigenvalue weighted by Crippen LogP contribution is -2.64. The van der Waals surface area contributed by atoms with E-state index in [0.717, 1.165) is 42.7 Å². The number of hydrogen-bond donors (Lipinski definition) is 1. The van der Waals surface area contributed by atoms with Crippen LogP contribution in [0.2, 0.25) is 0 Å². The average Bonchev–Trinajstić information content (AvgIpc) is 3.59. The number of rotatable bonds is 7. The zero-order valence-electron chi connectivity index (χ0n) is 20.6. The normalized spacial score (nSPS) is 20.3. The number of nitrogens with zero attached hydrogens (tertiary/aromatic N) is 2. The summed E-state index contributed by atoms with van der Waals surface area (Å²) in [6.07, 6.45) is 5.92. The topological polar surface area (TPSA) is 76.7 Å². The van der Waals surface area contributed by atoms with E-state index < -0.39 is 5.54 Å². The van der Waals surface area contributed by atoms with E-state index in [1.807, 2.05) is 73.9 Å². The van der Waals surface area contributed by atoms with Crippen LogP contribution in [0.25, 0.3) is 11.5 Å². The van der Waals surface area contributed by atoms with E-state index in [4.69, 9.17) is 9.15 Å². The van der Waals surface area contributed by atoms with Gasteiger partial charge >= 0.3 is 0 Å². The van der Waals surface area contributed by atoms with Crippen LogP contribution >= 0.6 is 0 Å². The predicted molar refractivity (Wildman–Crippen MR) is 133 cm³/mol. The van der Waals surface area contributed by atoms with Gasteiger partial charge in [-0.1, -0.05) is 25.0 Å². The molecule has 2 amide bonds. The zero-order valence-corrected chi connectivity index (χ0v) is 20.6. The number of carbonyl (C=O) groups is 2. The van der Waals surface area contributed by atoms with Crippen LogP contribution in [0.4, 0.5) is 0 Å². The van der Waals surface area contributed by atoms with E-state index in [-0.39, 0.29) is 24.0 Å². The van der Waals surface area contributed by atoms with Gasteiger partial charge in [-0.05, 0) is 75.6 Å². The van der Waals surface area contributed by atoms with E-state index in [2.05, 4.69) is 5.32 Å². The van der Waals surface area contributed by atoms with Crippen molar-refractivity contribution in [3.8, 4) is 17.2 Å². The Kier molecular flexibility index (Phi) is 6.17. The van der Waals surface area contributed by atoms with E-state index in [1.54, 1.807) is 11.2 Å². The Hall–Kier alpha value is -3.48. The molecule has 2 aliphatic rings. The van der Waals surface area contributed by atoms with Crippen molar-refractivity contribution in [1.82, 2.24) is 14.8 Å². The van der Waals surface area contributed by atoms with Gasteiger partial charge in [0, 0.05) is 12.6 Å². The summed E-state index contributed by atoms with van der Waals surface area (Å²) in [6.45, 7) is 6.53. The molecule has 184 valence electrons. The summed E-state index contributed by atoms with van der Waals surface area (Å²) in [5, 5.41) is 3.24. The third kappa shape index (κ3) is 4.47. The number of hydrogen-bond acceptors (Lipinski definition) is 4. The molecule has 3 heterocycles. The van der Waals surface area contributed by atoms with Gasteiger partial charge < -0.3 is 23.9 Å². The SMILES string of the molecule is CC(C)Oc1ccc(CN2C(=O)c3ccc(-c4ccco4)n3C[C@@]2(C)C(=O)NC2CCCC2)cc1. The number of carbonyl (C=O) groups excluding carboxylic acids is 2. The highest BCUT2D eigenvalue weighted by Gasteiger charge is 2.48. The van der Waals surface area contributed by atoms with Crippen LogP contribution in [0, 0.1) is 0 Å². The van der Waals surface area contributed by atoms with Crippen LogP contribution < -0.4 is 10.1 Å². The minimum Gasteiger partial charge on any atom is -0.491 e. The molecule has 5 rings (SSSR count). The first kappa shape index (κ1) is 23.3. The summed E-state index contributed by atoms with van der Waals surface area (Å²) in [5.41, 5.74) is 1.25. The molecule has 1 atom stereocenters. The number of fused-ring (bicyclic) bond motifs is 1. The molecule has 35 heavy (non-hydrogen) atoms. The highest BCUT2D eigenvalue weighted by Crippen LogP contribution is 2.35. The second-order valence-corrected chi connectivity index (χ2v) is 10.1. The molecule has 1 aliphatic heterocycles. The van der Waals surface area contributed by atoms with Crippen molar-refractivity contribution in [3.05, 3.63) is 66.1 Å². The van der Waals surface area contributed by atoms with Gasteiger partial charge in [0.25, 0.3) is 5.91 Å². The van der Waals surface area contributed by atoms with Gasteiger partial charge in [-0.15, -0.1) is 0 Å². The van der Waals surface area contributed by atoms with Crippen molar-refractivity contribution in [2.75, 3.05) is 0 Å². The van der Waals surface area contributed by atoms with E-state index in [1.165, 1.54) is 0 Å². The molecule has 1 saturated carbocycles. The third-order valence-corrected chi connectivity index (χ3v) is 7.10. The van der Waals surface area contributed by atoms with Crippen LogP contribution in [0.3, 0.4) is 0 Å². The molecular weight excluding hydrogens is 442 g/mol. The summed E-state index contributed by atoms with van der Waals surface area (Å²) >= 11 is 0. The largest absolute Gasteiger partial charge is 0.491 e. The van der Waals surface area contributed by atoms with E-state index >= 15 is 0 Å². The summed E-state index contributed by atoms with van der Waals surface area (Å²) in [6, 6.07) is 15.3. The Balaban J connectivity index is 1.49. The second-order valence-electron chi connectivity index (χ2n) is 10.1. The first-order valence-corrected chi connectivity index (χ1v) is 12.5. The van der Waals surface area contributed by atoms with Crippen molar-refractivity contribution in [2.24, 2.45) is 0 Å². The van der Waals surface area contributed by atoms with Crippen molar-refractivity contribution in [1.29, 1.82) is 0 Å². The molecule has 2 aromatic heterocycles. The Morgan fingerprint density at radius 2 is 1.83 bits per heavy atom. The summed E-state index contributed by atoms with van der Waals surface area (Å²) in [7, 11) is 0. The molecule has 1 aliphatic carbocycles. The monoisotopic (exact) mass is 475 g/mol. The maximum atomic E-state index is 13.8. The first-order valence-electron chi connectivity index (χ1n) is 12.5. The Bertz CT molecular complexity index is 1190. The molecule has 7 heteroatoms. The highest BCUT2D eigenvalue weighted by molar-refractivity contribution is 6.00. The fraction of sp³-hybridized carbons (Fsp3) is 0.429. The van der Waals surface area contributed by atoms with Crippen LogP contribution in [-0.4, -0.2) is 39.0 Å². The Morgan fingerprint density at radius 1 is 1.11 bits per heavy atom. The first-order chi connectivity index (χ1) is 16.8. The fourth-order valence-corrected chi connectivity index (χ4v) is 5.20. The minimum atomic E-state index is -1.06. The molecule has 3 aromatic rings. The van der Waals surface area contributed by atoms with Crippen LogP contribution in [0.5, 0.6) is 5.75 Å². The van der Waals surface area contributed by atoms with Crippen molar-refractivity contribution >= 4 is 11.8 Å². The molecule has 0 spiro atoms. The number of aromatic nitrogens is 1. The van der Waals surface area contributed by atoms with Gasteiger partial charge in [0.2, 0.25) is 5.91 Å². The molecule has 0 radical (unpaired) electrons. The standard InChI is InChI=1S/C28H33N3O4/c1-19(2)35-22-12-10-20(11-13-22)17-31-26(32)24-15-14-23(25-9-6-16-34-25)30(24)18-28(31,3)27(33)29-21-7-4-5-8-21/h6,9-16,19,21H,4-5,7-8,17-18H2,1-3H3,(H,29,33)/t28-/m0/s1. The molecule has 7 nitrogen and oxygen atoms in total. The number of amides is 2. The average molecular weight is 476 g/mol. The van der Waals surface area contributed by atoms with Gasteiger partial charge in [-0.3, -0.25) is 9.59 Å². The van der Waals surface area contributed by atoms with Crippen LogP contribution in [0.15, 0.2) is 59.2 Å². The van der Waals surface area contributed by atoms with Crippen LogP contribution in [0.1, 0.15) is 62.5 Å². The lowest BCUT2D eigenvalue weighted by atomic mass is 9.93. The fourth-order valence-electron chi connectivity index (χ4n) is 5.20. The van der Waals surface area contributed by atoms with E-state index in [9.17, 15) is 9.59 Å². The zero-order chi connectivity index (χ0) is 24.6. The Labute approximate surface area is 206 Å². The van der Waals surface area contributed by atoms with Crippen molar-refractivity contribution in [2.45, 2.75) is 77.2 Å². The highest BCUT2D eigenvalue weighted by atomic mass is 16.5. The van der Waals surface area contributed by atoms with Gasteiger partial charge in [0.1, 0.15) is 22.7 Å². The third-order valence-electron chi connectivity index (χ3n) is 7.10. The second kappa shape index (κ2) is 9.29. The maximum Gasteiger partial charge on any atom is 0.271 e. The lowest BCUT2D eigenvalue weighted by molar-refractivity contribution is -0.133. The smallest absolute Gasteiger partial charge is 0.271 e. The predicted octanol–water partition coefficient (Wildman–Crippen LogP) is 5.01. The summed E-state index contributed by atoms with van der Waals surface area (Å²) < 4.78 is 13.3. The van der Waals surface area contributed by atoms with Gasteiger partial charge in [-0.2, -0.15) is 0 Å². The quantitative estimate of drug-likeness (QED) is 0.521. The lowest BCUT2D eigenvalue weighted by Gasteiger charge is -2.44. The number of benzene rings is 1. The van der Waals surface area contributed by atoms with Crippen molar-refractivity contribution < 1.29 is 18.7 Å². The summed E-state index contributed by atoms with van der Waals surface area (Å²) in [4.78, 5) is 29.3. The molecule has 1 N–H and O–H groups in total. The molecule has 0 saturated heterocycles. The maximum absolute atomic E-state index is 13.8. The summed E-state index contributed by atoms with van der Waals surface area (Å²) in [5.74, 6) is 1.19. The van der Waals surface area contributed by atoms with Crippen LogP contribution in [-0.2, 0) is 17.9 Å². The molecule has 1 aromatic carbocycles. The number of furan rings is 1. The molecule has 1 fully saturated rings. The van der Waals surface area contributed by atoms with Gasteiger partial charge in [0.05, 0.1) is 24.6 Å². The molecule has 0 bridgehead atoms. The Morgan fingerprint density at radius 3 is 2.49 bits per heavy atom. The minimum absolute atomic E-state index is 0.0863.